The van der Waals surface area contributed by atoms with Gasteiger partial charge in [0.2, 0.25) is 5.91 Å². The van der Waals surface area contributed by atoms with Crippen molar-refractivity contribution in [1.82, 2.24) is 5.32 Å². The molecule has 0 saturated carbocycles. The Hall–Kier alpha value is -0.380. The molecule has 0 bridgehead atoms. The van der Waals surface area contributed by atoms with E-state index in [4.69, 9.17) is 9.42 Å². The maximum Gasteiger partial charge on any atom is 0.325 e. The maximum absolute atomic E-state index is 11.8. The number of nitrogens with one attached hydrogen (secondary N) is 1. The monoisotopic (exact) mass is 433 g/mol. The van der Waals surface area contributed by atoms with E-state index in [2.05, 4.69) is 12.2 Å². The predicted octanol–water partition coefficient (Wildman–Crippen LogP) is 6.98. The van der Waals surface area contributed by atoms with E-state index in [-0.39, 0.29) is 5.91 Å². The smallest absolute Gasteiger partial charge is 0.325 e. The Bertz CT molecular complexity index is 412. The third-order valence-electron chi connectivity index (χ3n) is 5.23. The molecule has 5 nitrogen and oxygen atoms in total. The van der Waals surface area contributed by atoms with E-state index in [9.17, 15) is 9.36 Å². The van der Waals surface area contributed by atoms with E-state index in [0.29, 0.717) is 13.0 Å². The van der Waals surface area contributed by atoms with Crippen LogP contribution in [0, 0.1) is 0 Å². The SMILES string of the molecule is CCCCCCCCCCCCCCCC(=O)NCCCCCCOP(C)(=O)O. The molecule has 29 heavy (non-hydrogen) atoms. The van der Waals surface area contributed by atoms with Gasteiger partial charge in [-0.05, 0) is 19.3 Å². The molecule has 2 N–H and O–H groups in total. The Balaban J connectivity index is 3.20. The number of hydrogen-bond acceptors (Lipinski definition) is 3. The van der Waals surface area contributed by atoms with Gasteiger partial charge in [0.25, 0.3) is 0 Å². The number of unbranched alkanes of at least 4 members (excludes halogenated alkanes) is 15. The van der Waals surface area contributed by atoms with Crippen LogP contribution in [0.3, 0.4) is 0 Å². The number of amides is 1. The standard InChI is InChI=1S/C23H48NO4P/c1-3-4-5-6-7-8-9-10-11-12-13-14-17-20-23(25)24-21-18-15-16-19-22-28-29(2,26)27/h3-22H2,1-2H3,(H,24,25)(H,26,27). The van der Waals surface area contributed by atoms with E-state index < -0.39 is 7.60 Å². The third-order valence-corrected chi connectivity index (χ3v) is 5.89. The number of carbonyl (C=O) groups excluding carboxylic acids is 1. The first-order chi connectivity index (χ1) is 14.0. The minimum absolute atomic E-state index is 0.170. The summed E-state index contributed by atoms with van der Waals surface area (Å²) in [6.45, 7) is 4.53. The van der Waals surface area contributed by atoms with Crippen molar-refractivity contribution in [2.75, 3.05) is 19.8 Å². The van der Waals surface area contributed by atoms with Crippen molar-refractivity contribution in [3.8, 4) is 0 Å². The van der Waals surface area contributed by atoms with Gasteiger partial charge in [-0.25, -0.2) is 0 Å². The molecule has 0 aliphatic rings. The maximum atomic E-state index is 11.8. The van der Waals surface area contributed by atoms with Crippen LogP contribution in [0.25, 0.3) is 0 Å². The van der Waals surface area contributed by atoms with Crippen molar-refractivity contribution in [1.29, 1.82) is 0 Å². The number of rotatable bonds is 22. The highest BCUT2D eigenvalue weighted by molar-refractivity contribution is 7.51. The minimum atomic E-state index is -3.33. The molecular formula is C23H48NO4P. The molecule has 0 saturated heterocycles. The van der Waals surface area contributed by atoms with Crippen LogP contribution in [-0.4, -0.2) is 30.6 Å². The van der Waals surface area contributed by atoms with Crippen LogP contribution in [0.1, 0.15) is 122 Å². The second-order valence-electron chi connectivity index (χ2n) is 8.39. The topological polar surface area (TPSA) is 75.6 Å². The average molecular weight is 434 g/mol. The molecule has 0 heterocycles. The highest BCUT2D eigenvalue weighted by Gasteiger charge is 2.08. The average Bonchev–Trinajstić information content (AvgIpc) is 2.66. The normalized spacial score (nSPS) is 13.3. The molecule has 0 fully saturated rings. The summed E-state index contributed by atoms with van der Waals surface area (Å²) in [5.74, 6) is 0.170. The van der Waals surface area contributed by atoms with Crippen molar-refractivity contribution in [3.63, 3.8) is 0 Å². The van der Waals surface area contributed by atoms with E-state index in [1.54, 1.807) is 0 Å². The summed E-state index contributed by atoms with van der Waals surface area (Å²) in [5, 5.41) is 2.99. The van der Waals surface area contributed by atoms with Crippen LogP contribution in [0.2, 0.25) is 0 Å². The molecule has 0 radical (unpaired) electrons. The van der Waals surface area contributed by atoms with Gasteiger partial charge in [0, 0.05) is 19.6 Å². The molecule has 0 aromatic carbocycles. The Morgan fingerprint density at radius 1 is 0.759 bits per heavy atom. The lowest BCUT2D eigenvalue weighted by atomic mass is 10.0. The van der Waals surface area contributed by atoms with Gasteiger partial charge in [0.05, 0.1) is 6.61 Å². The zero-order chi connectivity index (χ0) is 21.6. The van der Waals surface area contributed by atoms with Crippen molar-refractivity contribution in [2.24, 2.45) is 0 Å². The highest BCUT2D eigenvalue weighted by Crippen LogP contribution is 2.36. The van der Waals surface area contributed by atoms with Crippen molar-refractivity contribution in [3.05, 3.63) is 0 Å². The molecule has 1 unspecified atom stereocenters. The van der Waals surface area contributed by atoms with Crippen molar-refractivity contribution >= 4 is 13.5 Å². The van der Waals surface area contributed by atoms with Crippen molar-refractivity contribution < 1.29 is 18.8 Å². The molecule has 1 amide bonds. The first kappa shape index (κ1) is 28.6. The zero-order valence-electron chi connectivity index (χ0n) is 19.3. The van der Waals surface area contributed by atoms with Crippen LogP contribution in [0.5, 0.6) is 0 Å². The Labute approximate surface area is 180 Å². The highest BCUT2D eigenvalue weighted by atomic mass is 31.2. The lowest BCUT2D eigenvalue weighted by Gasteiger charge is -2.07. The molecular weight excluding hydrogens is 385 g/mol. The van der Waals surface area contributed by atoms with Crippen LogP contribution in [0.4, 0.5) is 0 Å². The third kappa shape index (κ3) is 25.6. The van der Waals surface area contributed by atoms with E-state index >= 15 is 0 Å². The number of hydrogen-bond donors (Lipinski definition) is 2. The second kappa shape index (κ2) is 20.9. The van der Waals surface area contributed by atoms with Gasteiger partial charge in [0.15, 0.2) is 0 Å². The molecule has 174 valence electrons. The van der Waals surface area contributed by atoms with Crippen LogP contribution < -0.4 is 5.32 Å². The summed E-state index contributed by atoms with van der Waals surface area (Å²) in [5.41, 5.74) is 0. The summed E-state index contributed by atoms with van der Waals surface area (Å²) in [6.07, 6.45) is 21.5. The molecule has 1 atom stereocenters. The van der Waals surface area contributed by atoms with E-state index in [1.807, 2.05) is 0 Å². The van der Waals surface area contributed by atoms with E-state index in [0.717, 1.165) is 45.1 Å². The zero-order valence-corrected chi connectivity index (χ0v) is 20.2. The summed E-state index contributed by atoms with van der Waals surface area (Å²) < 4.78 is 15.8. The first-order valence-corrected chi connectivity index (χ1v) is 14.2. The van der Waals surface area contributed by atoms with Gasteiger partial charge in [-0.2, -0.15) is 0 Å². The molecule has 0 aromatic rings. The number of carbonyl (C=O) groups is 1. The lowest BCUT2D eigenvalue weighted by molar-refractivity contribution is -0.121. The van der Waals surface area contributed by atoms with Crippen LogP contribution in [0.15, 0.2) is 0 Å². The molecule has 0 aliphatic heterocycles. The lowest BCUT2D eigenvalue weighted by Crippen LogP contribution is -2.23. The fourth-order valence-electron chi connectivity index (χ4n) is 3.43. The summed E-state index contributed by atoms with van der Waals surface area (Å²) >= 11 is 0. The Kier molecular flexibility index (Phi) is 20.6. The summed E-state index contributed by atoms with van der Waals surface area (Å²) in [4.78, 5) is 20.8. The fraction of sp³-hybridized carbons (Fsp3) is 0.957. The van der Waals surface area contributed by atoms with Gasteiger partial charge >= 0.3 is 7.60 Å². The van der Waals surface area contributed by atoms with Crippen molar-refractivity contribution in [2.45, 2.75) is 122 Å². The molecule has 0 spiro atoms. The fourth-order valence-corrected chi connectivity index (χ4v) is 3.90. The van der Waals surface area contributed by atoms with Crippen LogP contribution in [-0.2, 0) is 13.9 Å². The Morgan fingerprint density at radius 3 is 1.72 bits per heavy atom. The summed E-state index contributed by atoms with van der Waals surface area (Å²) in [6, 6.07) is 0. The van der Waals surface area contributed by atoms with Crippen LogP contribution >= 0.6 is 7.60 Å². The van der Waals surface area contributed by atoms with E-state index in [1.165, 1.54) is 77.3 Å². The quantitative estimate of drug-likeness (QED) is 0.143. The van der Waals surface area contributed by atoms with Gasteiger partial charge in [-0.15, -0.1) is 0 Å². The summed E-state index contributed by atoms with van der Waals surface area (Å²) in [7, 11) is -3.33. The largest absolute Gasteiger partial charge is 0.356 e. The molecule has 0 aliphatic carbocycles. The van der Waals surface area contributed by atoms with Gasteiger partial charge in [-0.1, -0.05) is 96.8 Å². The second-order valence-corrected chi connectivity index (χ2v) is 10.3. The van der Waals surface area contributed by atoms with Gasteiger partial charge in [0.1, 0.15) is 0 Å². The minimum Gasteiger partial charge on any atom is -0.356 e. The van der Waals surface area contributed by atoms with Gasteiger partial charge < -0.3 is 14.7 Å². The molecule has 0 rings (SSSR count). The Morgan fingerprint density at radius 2 is 1.21 bits per heavy atom. The molecule has 6 heteroatoms. The van der Waals surface area contributed by atoms with Gasteiger partial charge in [-0.3, -0.25) is 9.36 Å². The first-order valence-electron chi connectivity index (χ1n) is 12.2. The predicted molar refractivity (Wildman–Crippen MR) is 123 cm³/mol. The molecule has 0 aromatic heterocycles.